The van der Waals surface area contributed by atoms with E-state index in [4.69, 9.17) is 9.47 Å². The number of halogens is 1. The van der Waals surface area contributed by atoms with Gasteiger partial charge in [0.2, 0.25) is 0 Å². The molecule has 0 fully saturated rings. The van der Waals surface area contributed by atoms with E-state index in [1.165, 1.54) is 32.2 Å². The second kappa shape index (κ2) is 6.25. The molecule has 0 unspecified atom stereocenters. The van der Waals surface area contributed by atoms with Crippen molar-refractivity contribution in [1.82, 2.24) is 9.78 Å². The van der Waals surface area contributed by atoms with Crippen LogP contribution >= 0.6 is 0 Å². The first-order valence-electron chi connectivity index (χ1n) is 6.09. The van der Waals surface area contributed by atoms with Crippen LogP contribution in [0.3, 0.4) is 0 Å². The van der Waals surface area contributed by atoms with Crippen LogP contribution in [0.1, 0.15) is 16.1 Å². The van der Waals surface area contributed by atoms with Crippen LogP contribution in [0.2, 0.25) is 0 Å². The van der Waals surface area contributed by atoms with E-state index in [9.17, 15) is 9.18 Å². The Hall–Kier alpha value is -2.57. The van der Waals surface area contributed by atoms with Crippen LogP contribution in [0.5, 0.6) is 11.5 Å². The molecule has 0 atom stereocenters. The SMILES string of the molecule is COC(=O)c1cnn(-c2cc(OC)cc(OC)c2)c1CF. The van der Waals surface area contributed by atoms with Gasteiger partial charge in [-0.2, -0.15) is 5.10 Å². The van der Waals surface area contributed by atoms with Gasteiger partial charge in [-0.25, -0.2) is 13.9 Å². The second-order valence-electron chi connectivity index (χ2n) is 4.11. The summed E-state index contributed by atoms with van der Waals surface area (Å²) in [5, 5.41) is 4.04. The summed E-state index contributed by atoms with van der Waals surface area (Å²) in [5.74, 6) is 0.428. The van der Waals surface area contributed by atoms with Crippen LogP contribution in [0.15, 0.2) is 24.4 Å². The average molecular weight is 294 g/mol. The van der Waals surface area contributed by atoms with E-state index in [0.717, 1.165) is 0 Å². The van der Waals surface area contributed by atoms with Gasteiger partial charge in [0.1, 0.15) is 23.7 Å². The Bertz CT molecular complexity index is 632. The number of nitrogens with zero attached hydrogens (tertiary/aromatic N) is 2. The van der Waals surface area contributed by atoms with E-state index < -0.39 is 12.6 Å². The van der Waals surface area contributed by atoms with Crippen molar-refractivity contribution >= 4 is 5.97 Å². The summed E-state index contributed by atoms with van der Waals surface area (Å²) in [6, 6.07) is 5.01. The lowest BCUT2D eigenvalue weighted by Gasteiger charge is -2.10. The third kappa shape index (κ3) is 2.81. The molecule has 112 valence electrons. The fourth-order valence-corrected chi connectivity index (χ4v) is 1.92. The summed E-state index contributed by atoms with van der Waals surface area (Å²) in [7, 11) is 4.26. The second-order valence-corrected chi connectivity index (χ2v) is 4.11. The first-order valence-corrected chi connectivity index (χ1v) is 6.09. The van der Waals surface area contributed by atoms with Crippen LogP contribution in [0, 0.1) is 0 Å². The van der Waals surface area contributed by atoms with Gasteiger partial charge in [-0.3, -0.25) is 0 Å². The summed E-state index contributed by atoms with van der Waals surface area (Å²) in [6.45, 7) is -0.857. The topological polar surface area (TPSA) is 62.6 Å². The maximum absolute atomic E-state index is 13.3. The number of alkyl halides is 1. The minimum absolute atomic E-state index is 0.0850. The van der Waals surface area contributed by atoms with Crippen LogP contribution in [-0.4, -0.2) is 37.1 Å². The standard InChI is InChI=1S/C14H15FN2O4/c1-19-10-4-9(5-11(6-10)20-2)17-13(7-15)12(8-16-17)14(18)21-3/h4-6,8H,7H2,1-3H3. The van der Waals surface area contributed by atoms with E-state index >= 15 is 0 Å². The number of esters is 1. The van der Waals surface area contributed by atoms with Crippen molar-refractivity contribution in [1.29, 1.82) is 0 Å². The number of rotatable bonds is 5. The molecule has 0 N–H and O–H groups in total. The summed E-state index contributed by atoms with van der Waals surface area (Å²) >= 11 is 0. The zero-order valence-corrected chi connectivity index (χ0v) is 11.9. The molecule has 0 aliphatic carbocycles. The molecule has 0 saturated heterocycles. The van der Waals surface area contributed by atoms with Crippen LogP contribution in [0.4, 0.5) is 4.39 Å². The van der Waals surface area contributed by atoms with Crippen molar-refractivity contribution in [2.75, 3.05) is 21.3 Å². The van der Waals surface area contributed by atoms with Crippen molar-refractivity contribution in [2.24, 2.45) is 0 Å². The highest BCUT2D eigenvalue weighted by molar-refractivity contribution is 5.90. The quantitative estimate of drug-likeness (QED) is 0.791. The number of methoxy groups -OCH3 is 3. The zero-order chi connectivity index (χ0) is 15.4. The van der Waals surface area contributed by atoms with E-state index in [1.54, 1.807) is 18.2 Å². The molecule has 21 heavy (non-hydrogen) atoms. The number of hydrogen-bond acceptors (Lipinski definition) is 5. The van der Waals surface area contributed by atoms with E-state index in [2.05, 4.69) is 9.84 Å². The molecule has 0 spiro atoms. The monoisotopic (exact) mass is 294 g/mol. The smallest absolute Gasteiger partial charge is 0.341 e. The molecule has 1 heterocycles. The number of carbonyl (C=O) groups is 1. The van der Waals surface area contributed by atoms with Gasteiger partial charge in [0.15, 0.2) is 0 Å². The highest BCUT2D eigenvalue weighted by Crippen LogP contribution is 2.26. The highest BCUT2D eigenvalue weighted by atomic mass is 19.1. The van der Waals surface area contributed by atoms with Gasteiger partial charge in [0.25, 0.3) is 0 Å². The average Bonchev–Trinajstić information content (AvgIpc) is 2.97. The summed E-state index contributed by atoms with van der Waals surface area (Å²) in [5.41, 5.74) is 0.716. The molecule has 1 aromatic heterocycles. The maximum Gasteiger partial charge on any atom is 0.341 e. The van der Waals surface area contributed by atoms with Crippen molar-refractivity contribution < 1.29 is 23.4 Å². The molecular weight excluding hydrogens is 279 g/mol. The molecule has 0 radical (unpaired) electrons. The number of ether oxygens (including phenoxy) is 3. The lowest BCUT2D eigenvalue weighted by atomic mass is 10.2. The molecule has 0 aliphatic heterocycles. The lowest BCUT2D eigenvalue weighted by Crippen LogP contribution is -2.07. The summed E-state index contributed by atoms with van der Waals surface area (Å²) in [4.78, 5) is 11.6. The third-order valence-electron chi connectivity index (χ3n) is 2.98. The van der Waals surface area contributed by atoms with Crippen molar-refractivity contribution in [2.45, 2.75) is 6.67 Å². The van der Waals surface area contributed by atoms with E-state index in [0.29, 0.717) is 17.2 Å². The van der Waals surface area contributed by atoms with Crippen molar-refractivity contribution in [3.8, 4) is 17.2 Å². The van der Waals surface area contributed by atoms with E-state index in [1.807, 2.05) is 0 Å². The Labute approximate surface area is 121 Å². The zero-order valence-electron chi connectivity index (χ0n) is 11.9. The van der Waals surface area contributed by atoms with Gasteiger partial charge in [0, 0.05) is 18.2 Å². The fourth-order valence-electron chi connectivity index (χ4n) is 1.92. The Morgan fingerprint density at radius 3 is 2.29 bits per heavy atom. The molecule has 0 bridgehead atoms. The van der Waals surface area contributed by atoms with Crippen LogP contribution < -0.4 is 9.47 Å². The number of hydrogen-bond donors (Lipinski definition) is 0. The minimum Gasteiger partial charge on any atom is -0.497 e. The predicted octanol–water partition coefficient (Wildman–Crippen LogP) is 2.15. The van der Waals surface area contributed by atoms with Crippen molar-refractivity contribution in [3.05, 3.63) is 35.7 Å². The Morgan fingerprint density at radius 2 is 1.81 bits per heavy atom. The molecule has 1 aromatic carbocycles. The highest BCUT2D eigenvalue weighted by Gasteiger charge is 2.19. The molecule has 6 nitrogen and oxygen atoms in total. The summed E-state index contributed by atoms with van der Waals surface area (Å²) in [6.07, 6.45) is 1.27. The first-order chi connectivity index (χ1) is 10.1. The van der Waals surface area contributed by atoms with Crippen LogP contribution in [0.25, 0.3) is 5.69 Å². The Balaban J connectivity index is 2.56. The van der Waals surface area contributed by atoms with Crippen molar-refractivity contribution in [3.63, 3.8) is 0 Å². The maximum atomic E-state index is 13.3. The third-order valence-corrected chi connectivity index (χ3v) is 2.98. The van der Waals surface area contributed by atoms with Gasteiger partial charge < -0.3 is 14.2 Å². The molecule has 2 rings (SSSR count). The molecule has 0 amide bonds. The van der Waals surface area contributed by atoms with Crippen LogP contribution in [-0.2, 0) is 11.4 Å². The first kappa shape index (κ1) is 14.8. The number of benzene rings is 1. The largest absolute Gasteiger partial charge is 0.497 e. The molecule has 2 aromatic rings. The number of aromatic nitrogens is 2. The number of carbonyl (C=O) groups excluding carboxylic acids is 1. The lowest BCUT2D eigenvalue weighted by molar-refractivity contribution is 0.0598. The fraction of sp³-hybridized carbons (Fsp3) is 0.286. The molecule has 0 saturated carbocycles. The van der Waals surface area contributed by atoms with E-state index in [-0.39, 0.29) is 11.3 Å². The van der Waals surface area contributed by atoms with Gasteiger partial charge in [-0.1, -0.05) is 0 Å². The van der Waals surface area contributed by atoms with Gasteiger partial charge >= 0.3 is 5.97 Å². The molecular formula is C14H15FN2O4. The Kier molecular flexibility index (Phi) is 4.42. The van der Waals surface area contributed by atoms with Gasteiger partial charge in [0.05, 0.1) is 38.9 Å². The van der Waals surface area contributed by atoms with Gasteiger partial charge in [-0.15, -0.1) is 0 Å². The minimum atomic E-state index is -0.857. The molecule has 7 heteroatoms. The Morgan fingerprint density at radius 1 is 1.19 bits per heavy atom. The normalized spacial score (nSPS) is 10.3. The predicted molar refractivity (Wildman–Crippen MR) is 72.8 cm³/mol. The summed E-state index contributed by atoms with van der Waals surface area (Å²) < 4.78 is 29.5. The molecule has 0 aliphatic rings. The van der Waals surface area contributed by atoms with Gasteiger partial charge in [-0.05, 0) is 0 Å².